The number of amides is 1. The Hall–Kier alpha value is -3.46. The van der Waals surface area contributed by atoms with Gasteiger partial charge in [0.2, 0.25) is 5.75 Å². The Labute approximate surface area is 180 Å². The molecule has 164 valence electrons. The van der Waals surface area contributed by atoms with E-state index >= 15 is 0 Å². The third-order valence-corrected chi connectivity index (χ3v) is 6.76. The second kappa shape index (κ2) is 9.57. The molecule has 0 radical (unpaired) electrons. The summed E-state index contributed by atoms with van der Waals surface area (Å²) in [5, 5.41) is 1.57. The van der Waals surface area contributed by atoms with Crippen LogP contribution in [0.15, 0.2) is 70.2 Å². The van der Waals surface area contributed by atoms with Gasteiger partial charge < -0.3 is 23.9 Å². The first kappa shape index (κ1) is 22.2. The van der Waals surface area contributed by atoms with E-state index in [0.717, 1.165) is 0 Å². The maximum atomic E-state index is 13.2. The van der Waals surface area contributed by atoms with Gasteiger partial charge in [0.1, 0.15) is 11.0 Å². The van der Waals surface area contributed by atoms with Crippen molar-refractivity contribution >= 4 is 15.7 Å². The van der Waals surface area contributed by atoms with Crippen LogP contribution >= 0.6 is 0 Å². The van der Waals surface area contributed by atoms with Crippen molar-refractivity contribution in [2.24, 2.45) is 0 Å². The Morgan fingerprint density at radius 1 is 0.968 bits per heavy atom. The Kier molecular flexibility index (Phi) is 6.86. The Bertz CT molecular complexity index is 1100. The first-order chi connectivity index (χ1) is 14.9. The molecular weight excluding hydrogens is 422 g/mol. The van der Waals surface area contributed by atoms with Crippen molar-refractivity contribution in [1.29, 1.82) is 0 Å². The molecule has 0 aliphatic heterocycles. The molecular formula is C22H23NO7S. The molecule has 1 N–H and O–H groups in total. The van der Waals surface area contributed by atoms with E-state index in [1.807, 2.05) is 0 Å². The lowest BCUT2D eigenvalue weighted by Gasteiger charge is -2.18. The molecule has 1 aromatic heterocycles. The molecule has 3 rings (SSSR count). The van der Waals surface area contributed by atoms with E-state index in [0.29, 0.717) is 17.2 Å². The Morgan fingerprint density at radius 3 is 2.13 bits per heavy atom. The van der Waals surface area contributed by atoms with Gasteiger partial charge in [0.05, 0.1) is 32.5 Å². The highest BCUT2D eigenvalue weighted by Crippen LogP contribution is 2.38. The standard InChI is InChI=1S/C22H23NO7S/c1-27-18-12-15(13-19(28-2)21(18)29-3)22(24)23-14-20(17-10-7-11-30-17)31(25,26)16-8-5-4-6-9-16/h4-13,20H,14H2,1-3H3,(H,23,24)/t20-/m1/s1. The third-order valence-electron chi connectivity index (χ3n) is 4.68. The topological polar surface area (TPSA) is 104 Å². The van der Waals surface area contributed by atoms with E-state index in [9.17, 15) is 13.2 Å². The van der Waals surface area contributed by atoms with Crippen molar-refractivity contribution in [2.75, 3.05) is 27.9 Å². The molecule has 1 heterocycles. The summed E-state index contributed by atoms with van der Waals surface area (Å²) in [4.78, 5) is 13.0. The molecule has 0 aliphatic carbocycles. The lowest BCUT2D eigenvalue weighted by Crippen LogP contribution is -2.31. The zero-order chi connectivity index (χ0) is 22.4. The minimum absolute atomic E-state index is 0.137. The molecule has 9 heteroatoms. The number of hydrogen-bond donors (Lipinski definition) is 1. The zero-order valence-corrected chi connectivity index (χ0v) is 18.1. The van der Waals surface area contributed by atoms with Crippen LogP contribution in [0.3, 0.4) is 0 Å². The molecule has 1 atom stereocenters. The van der Waals surface area contributed by atoms with Crippen LogP contribution in [0.2, 0.25) is 0 Å². The highest BCUT2D eigenvalue weighted by molar-refractivity contribution is 7.91. The van der Waals surface area contributed by atoms with Gasteiger partial charge in [-0.1, -0.05) is 18.2 Å². The average molecular weight is 445 g/mol. The van der Waals surface area contributed by atoms with Gasteiger partial charge in [0.25, 0.3) is 5.91 Å². The van der Waals surface area contributed by atoms with E-state index in [-0.39, 0.29) is 22.8 Å². The summed E-state index contributed by atoms with van der Waals surface area (Å²) < 4.78 is 47.6. The van der Waals surface area contributed by atoms with Gasteiger partial charge in [-0.25, -0.2) is 8.42 Å². The fraction of sp³-hybridized carbons (Fsp3) is 0.227. The Balaban J connectivity index is 1.89. The number of carbonyl (C=O) groups is 1. The van der Waals surface area contributed by atoms with Crippen LogP contribution in [0, 0.1) is 0 Å². The van der Waals surface area contributed by atoms with Crippen molar-refractivity contribution < 1.29 is 31.8 Å². The lowest BCUT2D eigenvalue weighted by molar-refractivity contribution is 0.0952. The van der Waals surface area contributed by atoms with E-state index in [1.54, 1.807) is 30.3 Å². The molecule has 0 aliphatic rings. The van der Waals surface area contributed by atoms with Crippen LogP contribution in [0.1, 0.15) is 21.4 Å². The molecule has 1 amide bonds. The zero-order valence-electron chi connectivity index (χ0n) is 17.3. The van der Waals surface area contributed by atoms with E-state index in [2.05, 4.69) is 5.32 Å². The van der Waals surface area contributed by atoms with Gasteiger partial charge in [-0.2, -0.15) is 0 Å². The van der Waals surface area contributed by atoms with Crippen LogP contribution in [0.25, 0.3) is 0 Å². The molecule has 3 aromatic rings. The number of ether oxygens (including phenoxy) is 3. The SMILES string of the molecule is COc1cc(C(=O)NC[C@H](c2ccco2)S(=O)(=O)c2ccccc2)cc(OC)c1OC. The summed E-state index contributed by atoms with van der Waals surface area (Å²) in [6.45, 7) is -0.194. The van der Waals surface area contributed by atoms with E-state index in [4.69, 9.17) is 18.6 Å². The van der Waals surface area contributed by atoms with Crippen molar-refractivity contribution in [3.63, 3.8) is 0 Å². The van der Waals surface area contributed by atoms with Gasteiger partial charge in [0.15, 0.2) is 21.3 Å². The number of sulfone groups is 1. The predicted octanol–water partition coefficient (Wildman–Crippen LogP) is 3.25. The fourth-order valence-electron chi connectivity index (χ4n) is 3.11. The molecule has 0 saturated carbocycles. The summed E-state index contributed by atoms with van der Waals surface area (Å²) in [6, 6.07) is 14.2. The minimum atomic E-state index is -3.82. The quantitative estimate of drug-likeness (QED) is 0.539. The van der Waals surface area contributed by atoms with Gasteiger partial charge in [-0.05, 0) is 36.4 Å². The summed E-state index contributed by atoms with van der Waals surface area (Å²) >= 11 is 0. The molecule has 0 unspecified atom stereocenters. The molecule has 0 bridgehead atoms. The van der Waals surface area contributed by atoms with Crippen LogP contribution in [-0.2, 0) is 9.84 Å². The second-order valence-electron chi connectivity index (χ2n) is 6.49. The largest absolute Gasteiger partial charge is 0.493 e. The number of nitrogens with one attached hydrogen (secondary N) is 1. The highest BCUT2D eigenvalue weighted by atomic mass is 32.2. The van der Waals surface area contributed by atoms with Gasteiger partial charge >= 0.3 is 0 Å². The maximum Gasteiger partial charge on any atom is 0.251 e. The first-order valence-corrected chi connectivity index (χ1v) is 10.9. The molecule has 0 spiro atoms. The number of benzene rings is 2. The van der Waals surface area contributed by atoms with Crippen molar-refractivity contribution in [2.45, 2.75) is 10.1 Å². The number of hydrogen-bond acceptors (Lipinski definition) is 7. The second-order valence-corrected chi connectivity index (χ2v) is 8.62. The summed E-state index contributed by atoms with van der Waals surface area (Å²) in [6.07, 6.45) is 1.39. The predicted molar refractivity (Wildman–Crippen MR) is 114 cm³/mol. The normalized spacial score (nSPS) is 12.1. The number of carbonyl (C=O) groups excluding carboxylic acids is 1. The van der Waals surface area contributed by atoms with Crippen molar-refractivity contribution in [3.05, 3.63) is 72.2 Å². The molecule has 8 nitrogen and oxygen atoms in total. The Morgan fingerprint density at radius 2 is 1.61 bits per heavy atom. The van der Waals surface area contributed by atoms with E-state index in [1.165, 1.54) is 51.9 Å². The lowest BCUT2D eigenvalue weighted by atomic mass is 10.1. The van der Waals surface area contributed by atoms with Crippen LogP contribution in [0.5, 0.6) is 17.2 Å². The van der Waals surface area contributed by atoms with Crippen molar-refractivity contribution in [3.8, 4) is 17.2 Å². The molecule has 0 fully saturated rings. The number of methoxy groups -OCH3 is 3. The molecule has 2 aromatic carbocycles. The third kappa shape index (κ3) is 4.66. The van der Waals surface area contributed by atoms with Crippen molar-refractivity contribution in [1.82, 2.24) is 5.32 Å². The smallest absolute Gasteiger partial charge is 0.251 e. The first-order valence-electron chi connectivity index (χ1n) is 9.33. The van der Waals surface area contributed by atoms with E-state index < -0.39 is 21.0 Å². The molecule has 0 saturated heterocycles. The summed E-state index contributed by atoms with van der Waals surface area (Å²) in [7, 11) is 0.530. The van der Waals surface area contributed by atoms with Gasteiger partial charge in [0, 0.05) is 12.1 Å². The summed E-state index contributed by atoms with van der Waals surface area (Å²) in [5.74, 6) is 0.702. The van der Waals surface area contributed by atoms with Crippen LogP contribution in [0.4, 0.5) is 0 Å². The van der Waals surface area contributed by atoms with Gasteiger partial charge in [-0.15, -0.1) is 0 Å². The number of furan rings is 1. The van der Waals surface area contributed by atoms with Gasteiger partial charge in [-0.3, -0.25) is 4.79 Å². The minimum Gasteiger partial charge on any atom is -0.493 e. The van der Waals surface area contributed by atoms with Crippen LogP contribution < -0.4 is 19.5 Å². The van der Waals surface area contributed by atoms with Crippen LogP contribution in [-0.4, -0.2) is 42.2 Å². The average Bonchev–Trinajstić information content (AvgIpc) is 3.32. The summed E-state index contributed by atoms with van der Waals surface area (Å²) in [5.41, 5.74) is 0.227. The highest BCUT2D eigenvalue weighted by Gasteiger charge is 2.32. The fourth-order valence-corrected chi connectivity index (χ4v) is 4.72. The monoisotopic (exact) mass is 445 g/mol. The maximum absolute atomic E-state index is 13.2. The number of rotatable bonds is 9. The molecule has 31 heavy (non-hydrogen) atoms.